The zero-order chi connectivity index (χ0) is 13.6. The summed E-state index contributed by atoms with van der Waals surface area (Å²) in [6.45, 7) is 13.9. The number of rotatable bonds is 2. The summed E-state index contributed by atoms with van der Waals surface area (Å²) in [6, 6.07) is 0. The summed E-state index contributed by atoms with van der Waals surface area (Å²) in [5.74, 6) is 0. The Bertz CT molecular complexity index is 247. The Morgan fingerprint density at radius 1 is 0.938 bits per heavy atom. The molecule has 0 saturated carbocycles. The van der Waals surface area contributed by atoms with Crippen molar-refractivity contribution in [2.24, 2.45) is 10.8 Å². The van der Waals surface area contributed by atoms with Gasteiger partial charge in [-0.3, -0.25) is 9.11 Å². The highest BCUT2D eigenvalue weighted by molar-refractivity contribution is 8.26. The number of hydrogen-bond acceptors (Lipinski definition) is 2. The van der Waals surface area contributed by atoms with E-state index in [4.69, 9.17) is 13.3 Å². The quantitative estimate of drug-likeness (QED) is 0.798. The molecule has 0 unspecified atom stereocenters. The molecular weight excluding hydrogens is 244 g/mol. The summed E-state index contributed by atoms with van der Waals surface area (Å²) < 4.78 is 24.0. The summed E-state index contributed by atoms with van der Waals surface area (Å²) >= 11 is 3.47. The molecule has 0 spiro atoms. The lowest BCUT2D eigenvalue weighted by Gasteiger charge is -2.22. The van der Waals surface area contributed by atoms with E-state index in [0.29, 0.717) is 10.8 Å². The van der Waals surface area contributed by atoms with E-state index in [9.17, 15) is 0 Å². The van der Waals surface area contributed by atoms with Gasteiger partial charge in [0.25, 0.3) is 9.05 Å². The highest BCUT2D eigenvalue weighted by Crippen LogP contribution is 2.27. The third kappa shape index (κ3) is 36.7. The topological polar surface area (TPSA) is 57.5 Å². The van der Waals surface area contributed by atoms with Gasteiger partial charge in [-0.15, -0.1) is 0 Å². The first-order valence-electron chi connectivity index (χ1n) is 5.41. The van der Waals surface area contributed by atoms with Gasteiger partial charge in [-0.1, -0.05) is 48.0 Å². The Morgan fingerprint density at radius 2 is 1.12 bits per heavy atom. The molecule has 0 aromatic rings. The van der Waals surface area contributed by atoms with E-state index in [0.717, 1.165) is 0 Å². The molecule has 3 nitrogen and oxygen atoms in total. The molecule has 0 aliphatic heterocycles. The first-order chi connectivity index (χ1) is 6.71. The van der Waals surface area contributed by atoms with Gasteiger partial charge in [-0.25, -0.2) is 0 Å². The smallest absolute Gasteiger partial charge is 0.263 e. The third-order valence-electron chi connectivity index (χ3n) is 1.85. The van der Waals surface area contributed by atoms with Gasteiger partial charge in [-0.2, -0.15) is 4.21 Å². The fourth-order valence-electron chi connectivity index (χ4n) is 1.15. The van der Waals surface area contributed by atoms with E-state index in [2.05, 4.69) is 52.7 Å². The fourth-order valence-corrected chi connectivity index (χ4v) is 1.15. The third-order valence-corrected chi connectivity index (χ3v) is 1.85. The maximum Gasteiger partial charge on any atom is 0.263 e. The normalized spacial score (nSPS) is 13.0. The molecular formula is C11H26O3S2. The van der Waals surface area contributed by atoms with Gasteiger partial charge in [0.1, 0.15) is 0 Å². The molecule has 0 rings (SSSR count). The zero-order valence-electron chi connectivity index (χ0n) is 11.2. The maximum absolute atomic E-state index is 9.11. The molecule has 0 aromatic carbocycles. The molecule has 0 atom stereocenters. The lowest BCUT2D eigenvalue weighted by molar-refractivity contribution is 0.301. The largest absolute Gasteiger partial charge is 0.285 e. The van der Waals surface area contributed by atoms with E-state index in [1.807, 2.05) is 0 Å². The van der Waals surface area contributed by atoms with Crippen molar-refractivity contribution < 1.29 is 13.3 Å². The van der Waals surface area contributed by atoms with Crippen LogP contribution in [-0.2, 0) is 20.2 Å². The second-order valence-corrected chi connectivity index (χ2v) is 8.62. The first-order valence-corrected chi connectivity index (χ1v) is 7.80. The van der Waals surface area contributed by atoms with Gasteiger partial charge in [0.2, 0.25) is 0 Å². The van der Waals surface area contributed by atoms with Gasteiger partial charge >= 0.3 is 0 Å². The number of hydrogen-bond donors (Lipinski definition) is 2. The van der Waals surface area contributed by atoms with Crippen molar-refractivity contribution in [3.05, 3.63) is 0 Å². The Labute approximate surface area is 105 Å². The standard InChI is InChI=1S/C11H24.H2O3S2/c1-10(2,3)8-7-9-11(4,5)6;1-5(2,3)4/h7-9H2,1-6H3;(H2,1,2,3,4). The van der Waals surface area contributed by atoms with Gasteiger partial charge in [0.15, 0.2) is 0 Å². The molecule has 0 amide bonds. The van der Waals surface area contributed by atoms with Crippen molar-refractivity contribution in [2.45, 2.75) is 60.8 Å². The van der Waals surface area contributed by atoms with Crippen molar-refractivity contribution in [2.75, 3.05) is 0 Å². The van der Waals surface area contributed by atoms with Crippen LogP contribution in [0.5, 0.6) is 0 Å². The van der Waals surface area contributed by atoms with Crippen LogP contribution < -0.4 is 0 Å². The Balaban J connectivity index is 0. The average Bonchev–Trinajstić information content (AvgIpc) is 1.74. The Hall–Kier alpha value is 0.290. The van der Waals surface area contributed by atoms with E-state index in [1.165, 1.54) is 19.3 Å². The second kappa shape index (κ2) is 6.89. The molecule has 0 fully saturated rings. The highest BCUT2D eigenvalue weighted by atomic mass is 32.9. The van der Waals surface area contributed by atoms with Crippen LogP contribution >= 0.6 is 0 Å². The maximum atomic E-state index is 9.11. The van der Waals surface area contributed by atoms with Crippen molar-refractivity contribution in [3.63, 3.8) is 0 Å². The molecule has 100 valence electrons. The first kappa shape index (κ1) is 18.6. The van der Waals surface area contributed by atoms with Gasteiger partial charge in [-0.05, 0) is 23.7 Å². The van der Waals surface area contributed by atoms with E-state index < -0.39 is 9.05 Å². The Kier molecular flexibility index (Phi) is 8.03. The SMILES string of the molecule is CC(C)(C)CCCC(C)(C)C.O=S(O)(O)=S. The van der Waals surface area contributed by atoms with Crippen LogP contribution in [0.3, 0.4) is 0 Å². The predicted octanol–water partition coefficient (Wildman–Crippen LogP) is 3.93. The summed E-state index contributed by atoms with van der Waals surface area (Å²) in [7, 11) is -3.83. The van der Waals surface area contributed by atoms with Crippen LogP contribution in [0, 0.1) is 10.8 Å². The fraction of sp³-hybridized carbons (Fsp3) is 1.00. The summed E-state index contributed by atoms with van der Waals surface area (Å²) in [4.78, 5) is 0. The summed E-state index contributed by atoms with van der Waals surface area (Å²) in [5, 5.41) is 0. The molecule has 0 saturated heterocycles. The van der Waals surface area contributed by atoms with Gasteiger partial charge in [0.05, 0.1) is 0 Å². The van der Waals surface area contributed by atoms with Crippen LogP contribution in [0.2, 0.25) is 0 Å². The van der Waals surface area contributed by atoms with Crippen molar-refractivity contribution in [1.29, 1.82) is 0 Å². The molecule has 16 heavy (non-hydrogen) atoms. The second-order valence-electron chi connectivity index (χ2n) is 6.42. The minimum atomic E-state index is -3.83. The van der Waals surface area contributed by atoms with Crippen molar-refractivity contribution in [3.8, 4) is 0 Å². The predicted molar refractivity (Wildman–Crippen MR) is 73.5 cm³/mol. The molecule has 0 radical (unpaired) electrons. The molecule has 0 heterocycles. The average molecular weight is 270 g/mol. The van der Waals surface area contributed by atoms with E-state index in [1.54, 1.807) is 0 Å². The molecule has 0 aromatic heterocycles. The van der Waals surface area contributed by atoms with Gasteiger partial charge < -0.3 is 0 Å². The van der Waals surface area contributed by atoms with Crippen LogP contribution in [0.1, 0.15) is 60.8 Å². The molecule has 0 aliphatic carbocycles. The minimum absolute atomic E-state index is 0.519. The molecule has 5 heteroatoms. The summed E-state index contributed by atoms with van der Waals surface area (Å²) in [5.41, 5.74) is 1.04. The van der Waals surface area contributed by atoms with Crippen molar-refractivity contribution in [1.82, 2.24) is 0 Å². The van der Waals surface area contributed by atoms with Crippen LogP contribution in [0.25, 0.3) is 0 Å². The van der Waals surface area contributed by atoms with E-state index in [-0.39, 0.29) is 0 Å². The summed E-state index contributed by atoms with van der Waals surface area (Å²) in [6.07, 6.45) is 4.07. The minimum Gasteiger partial charge on any atom is -0.285 e. The van der Waals surface area contributed by atoms with Crippen LogP contribution in [0.15, 0.2) is 0 Å². The zero-order valence-corrected chi connectivity index (χ0v) is 12.9. The van der Waals surface area contributed by atoms with Crippen molar-refractivity contribution >= 4 is 20.2 Å². The highest BCUT2D eigenvalue weighted by Gasteiger charge is 2.13. The lowest BCUT2D eigenvalue weighted by atomic mass is 9.84. The lowest BCUT2D eigenvalue weighted by Crippen LogP contribution is -2.09. The van der Waals surface area contributed by atoms with Crippen LogP contribution in [0.4, 0.5) is 0 Å². The molecule has 2 N–H and O–H groups in total. The monoisotopic (exact) mass is 270 g/mol. The van der Waals surface area contributed by atoms with E-state index >= 15 is 0 Å². The van der Waals surface area contributed by atoms with Gasteiger partial charge in [0, 0.05) is 11.2 Å². The molecule has 0 aliphatic rings. The Morgan fingerprint density at radius 3 is 1.25 bits per heavy atom. The molecule has 0 bridgehead atoms. The van der Waals surface area contributed by atoms with Crippen LogP contribution in [-0.4, -0.2) is 13.3 Å².